The second-order valence-corrected chi connectivity index (χ2v) is 11.6. The van der Waals surface area contributed by atoms with Gasteiger partial charge in [0.1, 0.15) is 0 Å². The van der Waals surface area contributed by atoms with Crippen molar-refractivity contribution in [2.75, 3.05) is 25.7 Å². The van der Waals surface area contributed by atoms with Gasteiger partial charge in [0.2, 0.25) is 0 Å². The standard InChI is InChI=1S/C20H21ClO6S3/c1-29(22,23)26-11-9-15-16(10-12-27-30(2,24)25)18-13-14(21)7-8-20(18)28-19-6-4-3-5-17(15)19/h3-8,13H,9-12H2,1-2H3. The van der Waals surface area contributed by atoms with Crippen LogP contribution in [-0.2, 0) is 28.6 Å². The van der Waals surface area contributed by atoms with Gasteiger partial charge >= 0.3 is 0 Å². The van der Waals surface area contributed by atoms with Crippen molar-refractivity contribution in [3.63, 3.8) is 0 Å². The third-order valence-electron chi connectivity index (χ3n) is 4.36. The van der Waals surface area contributed by atoms with Crippen LogP contribution in [0.15, 0.2) is 52.3 Å². The summed E-state index contributed by atoms with van der Waals surface area (Å²) in [5.41, 5.74) is 3.54. The molecule has 0 unspecified atom stereocenters. The highest BCUT2D eigenvalue weighted by Crippen LogP contribution is 2.46. The Hall–Kier alpha value is -1.36. The van der Waals surface area contributed by atoms with Gasteiger partial charge in [0.25, 0.3) is 20.2 Å². The normalized spacial score (nSPS) is 14.2. The maximum atomic E-state index is 11.5. The van der Waals surface area contributed by atoms with Crippen LogP contribution in [0.25, 0.3) is 11.1 Å². The first kappa shape index (κ1) is 23.3. The van der Waals surface area contributed by atoms with Crippen LogP contribution in [0.5, 0.6) is 0 Å². The molecular formula is C20H21ClO6S3. The lowest BCUT2D eigenvalue weighted by atomic mass is 9.91. The Balaban J connectivity index is 2.12. The molecule has 0 saturated heterocycles. The zero-order chi connectivity index (χ0) is 21.9. The molecule has 162 valence electrons. The van der Waals surface area contributed by atoms with E-state index in [0.29, 0.717) is 17.9 Å². The van der Waals surface area contributed by atoms with Crippen LogP contribution >= 0.6 is 23.4 Å². The Morgan fingerprint density at radius 3 is 1.93 bits per heavy atom. The fraction of sp³-hybridized carbons (Fsp3) is 0.300. The second kappa shape index (κ2) is 9.42. The predicted molar refractivity (Wildman–Crippen MR) is 120 cm³/mol. The molecule has 0 amide bonds. The Labute approximate surface area is 186 Å². The monoisotopic (exact) mass is 488 g/mol. The van der Waals surface area contributed by atoms with Crippen LogP contribution in [0.3, 0.4) is 0 Å². The van der Waals surface area contributed by atoms with Crippen molar-refractivity contribution in [1.29, 1.82) is 0 Å². The van der Waals surface area contributed by atoms with Crippen molar-refractivity contribution < 1.29 is 25.2 Å². The Morgan fingerprint density at radius 1 is 0.800 bits per heavy atom. The van der Waals surface area contributed by atoms with Crippen LogP contribution in [0, 0.1) is 0 Å². The second-order valence-electron chi connectivity index (χ2n) is 6.75. The first-order valence-corrected chi connectivity index (χ1v) is 13.8. The van der Waals surface area contributed by atoms with Gasteiger partial charge in [0.05, 0.1) is 25.7 Å². The van der Waals surface area contributed by atoms with E-state index in [1.807, 2.05) is 36.4 Å². The van der Waals surface area contributed by atoms with Crippen LogP contribution in [0.1, 0.15) is 24.0 Å². The first-order chi connectivity index (χ1) is 14.0. The fourth-order valence-electron chi connectivity index (χ4n) is 3.24. The quantitative estimate of drug-likeness (QED) is 0.507. The van der Waals surface area contributed by atoms with Crippen molar-refractivity contribution >= 4 is 54.7 Å². The van der Waals surface area contributed by atoms with Crippen LogP contribution in [0.4, 0.5) is 0 Å². The van der Waals surface area contributed by atoms with Gasteiger partial charge in [-0.05, 0) is 59.4 Å². The van der Waals surface area contributed by atoms with Crippen molar-refractivity contribution in [2.45, 2.75) is 22.6 Å². The molecule has 2 aromatic carbocycles. The molecule has 1 aliphatic rings. The molecule has 1 aliphatic heterocycles. The summed E-state index contributed by atoms with van der Waals surface area (Å²) in [6, 6.07) is 13.4. The smallest absolute Gasteiger partial charge is 0.264 e. The molecule has 6 nitrogen and oxygen atoms in total. The molecule has 0 spiro atoms. The van der Waals surface area contributed by atoms with Crippen molar-refractivity contribution in [3.8, 4) is 0 Å². The largest absolute Gasteiger partial charge is 0.270 e. The van der Waals surface area contributed by atoms with Gasteiger partial charge in [-0.2, -0.15) is 16.8 Å². The van der Waals surface area contributed by atoms with Gasteiger partial charge in [0, 0.05) is 14.8 Å². The molecule has 0 atom stereocenters. The zero-order valence-electron chi connectivity index (χ0n) is 16.4. The molecule has 0 N–H and O–H groups in total. The van der Waals surface area contributed by atoms with E-state index in [1.165, 1.54) is 0 Å². The summed E-state index contributed by atoms with van der Waals surface area (Å²) in [6.07, 6.45) is 2.65. The third kappa shape index (κ3) is 6.32. The molecule has 2 aromatic rings. The van der Waals surface area contributed by atoms with E-state index < -0.39 is 20.2 Å². The average molecular weight is 489 g/mol. The molecule has 3 rings (SSSR count). The minimum absolute atomic E-state index is 0.0283. The summed E-state index contributed by atoms with van der Waals surface area (Å²) < 4.78 is 55.8. The molecule has 0 bridgehead atoms. The molecule has 30 heavy (non-hydrogen) atoms. The van der Waals surface area contributed by atoms with Gasteiger partial charge in [0.15, 0.2) is 0 Å². The van der Waals surface area contributed by atoms with Crippen LogP contribution in [-0.4, -0.2) is 42.6 Å². The molecule has 0 fully saturated rings. The topological polar surface area (TPSA) is 86.7 Å². The lowest BCUT2D eigenvalue weighted by Crippen LogP contribution is -2.08. The summed E-state index contributed by atoms with van der Waals surface area (Å²) in [5, 5.41) is 0.550. The van der Waals surface area contributed by atoms with Crippen LogP contribution in [0.2, 0.25) is 5.02 Å². The van der Waals surface area contributed by atoms with E-state index in [0.717, 1.165) is 44.6 Å². The van der Waals surface area contributed by atoms with E-state index in [2.05, 4.69) is 0 Å². The molecule has 0 saturated carbocycles. The van der Waals surface area contributed by atoms with Crippen molar-refractivity contribution in [3.05, 3.63) is 58.6 Å². The number of rotatable bonds is 8. The SMILES string of the molecule is CS(=O)(=O)OCCC1=C(CCOS(C)(=O)=O)c2cc(Cl)ccc2Sc2ccccc21. The van der Waals surface area contributed by atoms with E-state index in [-0.39, 0.29) is 13.2 Å². The minimum Gasteiger partial charge on any atom is -0.270 e. The van der Waals surface area contributed by atoms with Gasteiger partial charge in [-0.25, -0.2) is 0 Å². The average Bonchev–Trinajstić information content (AvgIpc) is 2.75. The summed E-state index contributed by atoms with van der Waals surface area (Å²) in [7, 11) is -7.18. The molecule has 10 heteroatoms. The van der Waals surface area contributed by atoms with Gasteiger partial charge in [-0.1, -0.05) is 41.6 Å². The number of hydrogen-bond acceptors (Lipinski definition) is 7. The maximum Gasteiger partial charge on any atom is 0.264 e. The Bertz CT molecular complexity index is 1190. The fourth-order valence-corrected chi connectivity index (χ4v) is 5.29. The highest BCUT2D eigenvalue weighted by Gasteiger charge is 2.23. The highest BCUT2D eigenvalue weighted by molar-refractivity contribution is 7.99. The third-order valence-corrected chi connectivity index (χ3v) is 6.94. The van der Waals surface area contributed by atoms with Gasteiger partial charge in [-0.3, -0.25) is 8.37 Å². The lowest BCUT2D eigenvalue weighted by Gasteiger charge is -2.16. The molecule has 0 radical (unpaired) electrons. The number of hydrogen-bond donors (Lipinski definition) is 0. The van der Waals surface area contributed by atoms with Crippen molar-refractivity contribution in [1.82, 2.24) is 0 Å². The Morgan fingerprint density at radius 2 is 1.33 bits per heavy atom. The summed E-state index contributed by atoms with van der Waals surface area (Å²) in [4.78, 5) is 1.98. The van der Waals surface area contributed by atoms with E-state index >= 15 is 0 Å². The van der Waals surface area contributed by atoms with E-state index in [9.17, 15) is 16.8 Å². The van der Waals surface area contributed by atoms with Gasteiger partial charge in [-0.15, -0.1) is 0 Å². The highest BCUT2D eigenvalue weighted by atomic mass is 35.5. The molecule has 0 aromatic heterocycles. The first-order valence-electron chi connectivity index (χ1n) is 9.01. The molecule has 1 heterocycles. The zero-order valence-corrected chi connectivity index (χ0v) is 19.6. The Kier molecular flexibility index (Phi) is 7.32. The summed E-state index contributed by atoms with van der Waals surface area (Å²) >= 11 is 7.84. The van der Waals surface area contributed by atoms with Crippen molar-refractivity contribution in [2.24, 2.45) is 0 Å². The minimum atomic E-state index is -3.59. The van der Waals surface area contributed by atoms with Crippen LogP contribution < -0.4 is 0 Å². The molecule has 0 aliphatic carbocycles. The summed E-state index contributed by atoms with van der Waals surface area (Å²) in [6.45, 7) is -0.0666. The van der Waals surface area contributed by atoms with Gasteiger partial charge < -0.3 is 0 Å². The lowest BCUT2D eigenvalue weighted by molar-refractivity contribution is 0.327. The predicted octanol–water partition coefficient (Wildman–Crippen LogP) is 4.45. The number of fused-ring (bicyclic) bond motifs is 2. The maximum absolute atomic E-state index is 11.5. The molecular weight excluding hydrogens is 468 g/mol. The van der Waals surface area contributed by atoms with E-state index in [4.69, 9.17) is 20.0 Å². The summed E-state index contributed by atoms with van der Waals surface area (Å²) in [5.74, 6) is 0. The number of halogens is 1. The number of benzene rings is 2. The van der Waals surface area contributed by atoms with E-state index in [1.54, 1.807) is 17.8 Å².